The van der Waals surface area contributed by atoms with E-state index in [9.17, 15) is 0 Å². The molecule has 8 nitrogen and oxygen atoms in total. The number of aryl methyl sites for hydroxylation is 1. The minimum Gasteiger partial charge on any atom is -0.384 e. The molecule has 1 saturated carbocycles. The molecule has 142 valence electrons. The van der Waals surface area contributed by atoms with Crippen molar-refractivity contribution in [1.82, 2.24) is 24.5 Å². The van der Waals surface area contributed by atoms with E-state index in [2.05, 4.69) is 39.1 Å². The topological polar surface area (TPSA) is 97.8 Å². The fourth-order valence-corrected chi connectivity index (χ4v) is 3.88. The summed E-state index contributed by atoms with van der Waals surface area (Å²) in [4.78, 5) is 19.9. The first-order valence-corrected chi connectivity index (χ1v) is 9.40. The Morgan fingerprint density at radius 2 is 2.07 bits per heavy atom. The standard InChI is InChI=1S/C19H26N8/c1-12-5-4-6-13(7-12)27(3)17-8-14(18-19(25-17)26(2)11-23-18)24-16-9-15(20)21-10-22-16/h8-13H,4-7H2,1-3H3,(H3,20,21,22,24,25)/t12-,13-/m1/s1. The van der Waals surface area contributed by atoms with E-state index >= 15 is 0 Å². The molecule has 0 aromatic carbocycles. The van der Waals surface area contributed by atoms with Crippen LogP contribution in [0.15, 0.2) is 24.8 Å². The largest absolute Gasteiger partial charge is 0.384 e. The molecule has 3 N–H and O–H groups in total. The van der Waals surface area contributed by atoms with Crippen LogP contribution in [0, 0.1) is 5.92 Å². The molecule has 2 atom stereocenters. The number of rotatable bonds is 4. The normalized spacial score (nSPS) is 20.0. The maximum absolute atomic E-state index is 5.79. The third-order valence-electron chi connectivity index (χ3n) is 5.42. The summed E-state index contributed by atoms with van der Waals surface area (Å²) in [5.41, 5.74) is 8.30. The van der Waals surface area contributed by atoms with Gasteiger partial charge in [0.25, 0.3) is 0 Å². The zero-order valence-corrected chi connectivity index (χ0v) is 16.1. The number of nitrogens with two attached hydrogens (primary N) is 1. The number of nitrogen functional groups attached to an aromatic ring is 1. The smallest absolute Gasteiger partial charge is 0.164 e. The molecule has 1 aliphatic rings. The molecule has 0 saturated heterocycles. The van der Waals surface area contributed by atoms with Crippen molar-refractivity contribution in [3.8, 4) is 0 Å². The number of imidazole rings is 1. The first kappa shape index (κ1) is 17.5. The molecule has 3 aromatic heterocycles. The Morgan fingerprint density at radius 3 is 2.85 bits per heavy atom. The molecule has 1 aliphatic carbocycles. The fourth-order valence-electron chi connectivity index (χ4n) is 3.88. The molecule has 3 aromatic rings. The van der Waals surface area contributed by atoms with E-state index in [4.69, 9.17) is 10.7 Å². The van der Waals surface area contributed by atoms with Gasteiger partial charge in [0.1, 0.15) is 29.3 Å². The Balaban J connectivity index is 1.72. The van der Waals surface area contributed by atoms with Crippen molar-refractivity contribution in [2.45, 2.75) is 38.6 Å². The number of fused-ring (bicyclic) bond motifs is 1. The lowest BCUT2D eigenvalue weighted by Gasteiger charge is -2.35. The lowest BCUT2D eigenvalue weighted by Crippen LogP contribution is -2.36. The summed E-state index contributed by atoms with van der Waals surface area (Å²) in [6, 6.07) is 4.27. The predicted molar refractivity (Wildman–Crippen MR) is 108 cm³/mol. The Kier molecular flexibility index (Phi) is 4.55. The van der Waals surface area contributed by atoms with Gasteiger partial charge in [-0.2, -0.15) is 0 Å². The van der Waals surface area contributed by atoms with Gasteiger partial charge in [0.15, 0.2) is 5.65 Å². The summed E-state index contributed by atoms with van der Waals surface area (Å²) < 4.78 is 1.94. The zero-order chi connectivity index (χ0) is 19.0. The highest BCUT2D eigenvalue weighted by atomic mass is 15.2. The minimum absolute atomic E-state index is 0.423. The molecule has 0 spiro atoms. The Bertz CT molecular complexity index is 950. The highest BCUT2D eigenvalue weighted by Gasteiger charge is 2.24. The van der Waals surface area contributed by atoms with Crippen LogP contribution in [-0.4, -0.2) is 37.6 Å². The van der Waals surface area contributed by atoms with Gasteiger partial charge in [-0.25, -0.2) is 19.9 Å². The predicted octanol–water partition coefficient (Wildman–Crippen LogP) is 3.10. The van der Waals surface area contributed by atoms with Crippen molar-refractivity contribution in [2.24, 2.45) is 13.0 Å². The second-order valence-electron chi connectivity index (χ2n) is 7.55. The Hall–Kier alpha value is -2.90. The molecule has 0 amide bonds. The third kappa shape index (κ3) is 3.51. The van der Waals surface area contributed by atoms with Gasteiger partial charge in [0, 0.05) is 32.3 Å². The van der Waals surface area contributed by atoms with Gasteiger partial charge in [-0.1, -0.05) is 19.8 Å². The van der Waals surface area contributed by atoms with E-state index in [1.807, 2.05) is 17.7 Å². The maximum atomic E-state index is 5.79. The van der Waals surface area contributed by atoms with Gasteiger partial charge >= 0.3 is 0 Å². The average Bonchev–Trinajstić information content (AvgIpc) is 3.02. The molecular formula is C19H26N8. The summed E-state index contributed by atoms with van der Waals surface area (Å²) in [5, 5.41) is 3.33. The molecule has 0 aliphatic heterocycles. The Labute approximate surface area is 158 Å². The van der Waals surface area contributed by atoms with Crippen LogP contribution in [0.4, 0.5) is 23.1 Å². The summed E-state index contributed by atoms with van der Waals surface area (Å²) in [6.07, 6.45) is 8.23. The van der Waals surface area contributed by atoms with E-state index in [0.29, 0.717) is 17.7 Å². The first-order chi connectivity index (χ1) is 13.0. The van der Waals surface area contributed by atoms with Crippen molar-refractivity contribution in [1.29, 1.82) is 0 Å². The number of pyridine rings is 1. The first-order valence-electron chi connectivity index (χ1n) is 9.40. The number of hydrogen-bond acceptors (Lipinski definition) is 7. The molecule has 3 heterocycles. The van der Waals surface area contributed by atoms with Crippen LogP contribution in [0.1, 0.15) is 32.6 Å². The summed E-state index contributed by atoms with van der Waals surface area (Å²) >= 11 is 0. The van der Waals surface area contributed by atoms with E-state index < -0.39 is 0 Å². The second-order valence-corrected chi connectivity index (χ2v) is 7.55. The maximum Gasteiger partial charge on any atom is 0.164 e. The number of hydrogen-bond donors (Lipinski definition) is 2. The highest BCUT2D eigenvalue weighted by Crippen LogP contribution is 2.32. The average molecular weight is 366 g/mol. The van der Waals surface area contributed by atoms with Crippen molar-refractivity contribution in [2.75, 3.05) is 23.0 Å². The van der Waals surface area contributed by atoms with E-state index in [-0.39, 0.29) is 0 Å². The molecule has 0 bridgehead atoms. The van der Waals surface area contributed by atoms with Gasteiger partial charge in [0.2, 0.25) is 0 Å². The van der Waals surface area contributed by atoms with Crippen molar-refractivity contribution >= 4 is 34.3 Å². The molecule has 8 heteroatoms. The molecule has 0 radical (unpaired) electrons. The van der Waals surface area contributed by atoms with Crippen molar-refractivity contribution < 1.29 is 0 Å². The van der Waals surface area contributed by atoms with Gasteiger partial charge in [-0.15, -0.1) is 0 Å². The molecule has 1 fully saturated rings. The molecular weight excluding hydrogens is 340 g/mol. The van der Waals surface area contributed by atoms with Crippen LogP contribution < -0.4 is 16.0 Å². The molecule has 0 unspecified atom stereocenters. The van der Waals surface area contributed by atoms with Crippen LogP contribution in [0.3, 0.4) is 0 Å². The van der Waals surface area contributed by atoms with Crippen LogP contribution in [-0.2, 0) is 7.05 Å². The van der Waals surface area contributed by atoms with Gasteiger partial charge < -0.3 is 20.5 Å². The van der Waals surface area contributed by atoms with E-state index in [1.54, 1.807) is 12.4 Å². The molecule has 27 heavy (non-hydrogen) atoms. The monoisotopic (exact) mass is 366 g/mol. The van der Waals surface area contributed by atoms with Crippen LogP contribution in [0.2, 0.25) is 0 Å². The third-order valence-corrected chi connectivity index (χ3v) is 5.42. The van der Waals surface area contributed by atoms with Gasteiger partial charge in [0.05, 0.1) is 12.0 Å². The SMILES string of the molecule is C[C@@H]1CCC[C@@H](N(C)c2cc(Nc3cc(N)ncn3)c3ncn(C)c3n2)C1. The summed E-state index contributed by atoms with van der Waals surface area (Å²) in [5.74, 6) is 2.76. The minimum atomic E-state index is 0.423. The fraction of sp³-hybridized carbons (Fsp3) is 0.474. The van der Waals surface area contributed by atoms with Crippen molar-refractivity contribution in [3.63, 3.8) is 0 Å². The molecule has 4 rings (SSSR count). The summed E-state index contributed by atoms with van der Waals surface area (Å²) in [7, 11) is 4.10. The quantitative estimate of drug-likeness (QED) is 0.732. The van der Waals surface area contributed by atoms with E-state index in [0.717, 1.165) is 28.6 Å². The van der Waals surface area contributed by atoms with Gasteiger partial charge in [-0.05, 0) is 18.8 Å². The number of anilines is 4. The van der Waals surface area contributed by atoms with Crippen molar-refractivity contribution in [3.05, 3.63) is 24.8 Å². The zero-order valence-electron chi connectivity index (χ0n) is 16.1. The number of nitrogens with zero attached hydrogens (tertiary/aromatic N) is 6. The Morgan fingerprint density at radius 1 is 1.22 bits per heavy atom. The van der Waals surface area contributed by atoms with Gasteiger partial charge in [-0.3, -0.25) is 0 Å². The van der Waals surface area contributed by atoms with Crippen LogP contribution in [0.5, 0.6) is 0 Å². The second kappa shape index (κ2) is 7.02. The van der Waals surface area contributed by atoms with E-state index in [1.165, 1.54) is 32.0 Å². The number of nitrogens with one attached hydrogen (secondary N) is 1. The highest BCUT2D eigenvalue weighted by molar-refractivity contribution is 5.90. The van der Waals surface area contributed by atoms with Crippen LogP contribution >= 0.6 is 0 Å². The lowest BCUT2D eigenvalue weighted by molar-refractivity contribution is 0.335. The number of aromatic nitrogens is 5. The summed E-state index contributed by atoms with van der Waals surface area (Å²) in [6.45, 7) is 2.34. The van der Waals surface area contributed by atoms with Crippen LogP contribution in [0.25, 0.3) is 11.2 Å². The lowest BCUT2D eigenvalue weighted by atomic mass is 9.86.